The summed E-state index contributed by atoms with van der Waals surface area (Å²) in [6.07, 6.45) is 18.4. The first-order chi connectivity index (χ1) is 15.0. The molecule has 0 spiro atoms. The molecule has 1 fully saturated rings. The fourth-order valence-corrected chi connectivity index (χ4v) is 4.35. The van der Waals surface area contributed by atoms with Gasteiger partial charge in [0.1, 0.15) is 12.2 Å². The number of hydrogen-bond acceptors (Lipinski definition) is 5. The Labute approximate surface area is 191 Å². The Kier molecular flexibility index (Phi) is 15.7. The van der Waals surface area contributed by atoms with Crippen molar-refractivity contribution in [3.05, 3.63) is 0 Å². The fraction of sp³-hybridized carbons (Fsp3) is 0.923. The number of rotatable bonds is 20. The molecule has 0 bridgehead atoms. The predicted octanol–water partition coefficient (Wildman–Crippen LogP) is 6.28. The number of carbonyl (C=O) groups is 2. The smallest absolute Gasteiger partial charge is 0.320 e. The first kappa shape index (κ1) is 27.9. The van der Waals surface area contributed by atoms with Gasteiger partial charge in [-0.25, -0.2) is 0 Å². The molecule has 1 rings (SSSR count). The van der Waals surface area contributed by atoms with E-state index in [1.807, 2.05) is 19.0 Å². The molecule has 0 radical (unpaired) electrons. The van der Waals surface area contributed by atoms with Crippen molar-refractivity contribution in [2.24, 2.45) is 5.92 Å². The molecule has 1 aliphatic heterocycles. The van der Waals surface area contributed by atoms with E-state index in [9.17, 15) is 9.59 Å². The third-order valence-corrected chi connectivity index (χ3v) is 6.26. The van der Waals surface area contributed by atoms with Crippen molar-refractivity contribution >= 4 is 11.9 Å². The minimum Gasteiger partial charge on any atom is -0.461 e. The number of ether oxygens (including phenoxy) is 2. The van der Waals surface area contributed by atoms with E-state index in [-0.39, 0.29) is 30.1 Å². The molecule has 5 heteroatoms. The van der Waals surface area contributed by atoms with Gasteiger partial charge >= 0.3 is 11.9 Å². The molecular formula is C26H49NO4. The molecule has 5 nitrogen and oxygen atoms in total. The molecule has 0 aromatic carbocycles. The topological polar surface area (TPSA) is 55.8 Å². The summed E-state index contributed by atoms with van der Waals surface area (Å²) in [6.45, 7) is 4.74. The van der Waals surface area contributed by atoms with Gasteiger partial charge in [-0.3, -0.25) is 14.5 Å². The van der Waals surface area contributed by atoms with Crippen LogP contribution in [0.1, 0.15) is 117 Å². The maximum atomic E-state index is 12.2. The predicted molar refractivity (Wildman–Crippen MR) is 127 cm³/mol. The van der Waals surface area contributed by atoms with Crippen LogP contribution in [0.2, 0.25) is 0 Å². The highest BCUT2D eigenvalue weighted by Crippen LogP contribution is 2.32. The average molecular weight is 440 g/mol. The SMILES string of the molecule is CCCCCCCCCCCC(CC1OC(=O)[C@H]1CCCCCC)OC(=O)CN(C)C. The Morgan fingerprint density at radius 1 is 0.903 bits per heavy atom. The van der Waals surface area contributed by atoms with E-state index in [2.05, 4.69) is 13.8 Å². The van der Waals surface area contributed by atoms with Gasteiger partial charge in [0.2, 0.25) is 0 Å². The second-order valence-electron chi connectivity index (χ2n) is 9.63. The first-order valence-electron chi connectivity index (χ1n) is 13.0. The van der Waals surface area contributed by atoms with Crippen LogP contribution in [0, 0.1) is 5.92 Å². The number of cyclic esters (lactones) is 1. The molecular weight excluding hydrogens is 390 g/mol. The maximum Gasteiger partial charge on any atom is 0.320 e. The highest BCUT2D eigenvalue weighted by atomic mass is 16.6. The van der Waals surface area contributed by atoms with Crippen LogP contribution in [0.25, 0.3) is 0 Å². The average Bonchev–Trinajstić information content (AvgIpc) is 2.71. The molecule has 3 atom stereocenters. The Bertz CT molecular complexity index is 480. The molecule has 0 aliphatic carbocycles. The lowest BCUT2D eigenvalue weighted by Gasteiger charge is -2.37. The van der Waals surface area contributed by atoms with Crippen molar-refractivity contribution in [3.8, 4) is 0 Å². The zero-order chi connectivity index (χ0) is 22.9. The molecule has 1 heterocycles. The zero-order valence-electron chi connectivity index (χ0n) is 20.8. The number of likely N-dealkylation sites (N-methyl/N-ethyl adjacent to an activating group) is 1. The lowest BCUT2D eigenvalue weighted by molar-refractivity contribution is -0.190. The third-order valence-electron chi connectivity index (χ3n) is 6.26. The Morgan fingerprint density at radius 3 is 2.00 bits per heavy atom. The molecule has 182 valence electrons. The minimum absolute atomic E-state index is 0.00460. The fourth-order valence-electron chi connectivity index (χ4n) is 4.35. The molecule has 31 heavy (non-hydrogen) atoms. The lowest BCUT2D eigenvalue weighted by Crippen LogP contribution is -2.47. The second kappa shape index (κ2) is 17.5. The summed E-state index contributed by atoms with van der Waals surface area (Å²) in [5, 5.41) is 0. The van der Waals surface area contributed by atoms with Crippen LogP contribution in [0.4, 0.5) is 0 Å². The summed E-state index contributed by atoms with van der Waals surface area (Å²) < 4.78 is 11.2. The maximum absolute atomic E-state index is 12.2. The summed E-state index contributed by atoms with van der Waals surface area (Å²) in [5.74, 6) is -0.256. The third kappa shape index (κ3) is 13.1. The van der Waals surface area contributed by atoms with Gasteiger partial charge in [-0.15, -0.1) is 0 Å². The van der Waals surface area contributed by atoms with Gasteiger partial charge in [0.05, 0.1) is 12.5 Å². The number of carbonyl (C=O) groups excluding carboxylic acids is 2. The monoisotopic (exact) mass is 439 g/mol. The van der Waals surface area contributed by atoms with Crippen molar-refractivity contribution in [3.63, 3.8) is 0 Å². The molecule has 0 aromatic rings. The van der Waals surface area contributed by atoms with Crippen LogP contribution in [-0.2, 0) is 19.1 Å². The Morgan fingerprint density at radius 2 is 1.45 bits per heavy atom. The van der Waals surface area contributed by atoms with Gasteiger partial charge in [0, 0.05) is 6.42 Å². The van der Waals surface area contributed by atoms with Crippen molar-refractivity contribution in [2.45, 2.75) is 129 Å². The Balaban J connectivity index is 2.37. The van der Waals surface area contributed by atoms with Gasteiger partial charge in [0.15, 0.2) is 0 Å². The standard InChI is InChI=1S/C26H49NO4/c1-5-7-9-11-12-13-14-15-16-18-22(30-25(28)21-27(3)4)20-24-23(26(29)31-24)19-17-10-8-6-2/h22-24H,5-21H2,1-4H3/t22?,23-,24?/m0/s1. The normalized spacial score (nSPS) is 19.2. The van der Waals surface area contributed by atoms with Gasteiger partial charge in [-0.1, -0.05) is 90.9 Å². The number of nitrogens with zero attached hydrogens (tertiary/aromatic N) is 1. The summed E-state index contributed by atoms with van der Waals surface area (Å²) in [5.41, 5.74) is 0. The van der Waals surface area contributed by atoms with E-state index in [4.69, 9.17) is 9.47 Å². The van der Waals surface area contributed by atoms with Crippen molar-refractivity contribution in [1.29, 1.82) is 0 Å². The summed E-state index contributed by atoms with van der Waals surface area (Å²) in [6, 6.07) is 0. The Hall–Kier alpha value is -1.10. The van der Waals surface area contributed by atoms with Gasteiger partial charge in [-0.05, 0) is 33.4 Å². The van der Waals surface area contributed by atoms with E-state index in [1.165, 1.54) is 70.6 Å². The van der Waals surface area contributed by atoms with Gasteiger partial charge in [0.25, 0.3) is 0 Å². The van der Waals surface area contributed by atoms with Gasteiger partial charge in [-0.2, -0.15) is 0 Å². The molecule has 0 aromatic heterocycles. The largest absolute Gasteiger partial charge is 0.461 e. The highest BCUT2D eigenvalue weighted by Gasteiger charge is 2.43. The van der Waals surface area contributed by atoms with Crippen molar-refractivity contribution in [2.75, 3.05) is 20.6 Å². The highest BCUT2D eigenvalue weighted by molar-refractivity contribution is 5.78. The quantitative estimate of drug-likeness (QED) is 0.165. The van der Waals surface area contributed by atoms with Crippen LogP contribution in [0.5, 0.6) is 0 Å². The summed E-state index contributed by atoms with van der Waals surface area (Å²) in [7, 11) is 3.74. The number of esters is 2. The minimum atomic E-state index is -0.184. The second-order valence-corrected chi connectivity index (χ2v) is 9.63. The molecule has 1 saturated heterocycles. The van der Waals surface area contributed by atoms with Gasteiger partial charge < -0.3 is 9.47 Å². The van der Waals surface area contributed by atoms with Crippen LogP contribution in [0.3, 0.4) is 0 Å². The lowest BCUT2D eigenvalue weighted by atomic mass is 9.86. The summed E-state index contributed by atoms with van der Waals surface area (Å²) >= 11 is 0. The van der Waals surface area contributed by atoms with Crippen molar-refractivity contribution < 1.29 is 19.1 Å². The number of unbranched alkanes of at least 4 members (excludes halogenated alkanes) is 11. The molecule has 2 unspecified atom stereocenters. The molecule has 1 aliphatic rings. The molecule has 0 saturated carbocycles. The van der Waals surface area contributed by atoms with Crippen molar-refractivity contribution in [1.82, 2.24) is 4.90 Å². The van der Waals surface area contributed by atoms with E-state index < -0.39 is 0 Å². The van der Waals surface area contributed by atoms with E-state index in [0.717, 1.165) is 25.7 Å². The zero-order valence-corrected chi connectivity index (χ0v) is 20.8. The number of hydrogen-bond donors (Lipinski definition) is 0. The van der Waals surface area contributed by atoms with Crippen LogP contribution in [-0.4, -0.2) is 49.7 Å². The molecule has 0 amide bonds. The summed E-state index contributed by atoms with van der Waals surface area (Å²) in [4.78, 5) is 26.0. The van der Waals surface area contributed by atoms with E-state index in [0.29, 0.717) is 13.0 Å². The van der Waals surface area contributed by atoms with E-state index >= 15 is 0 Å². The van der Waals surface area contributed by atoms with Crippen LogP contribution >= 0.6 is 0 Å². The molecule has 0 N–H and O–H groups in total. The van der Waals surface area contributed by atoms with Crippen LogP contribution in [0.15, 0.2) is 0 Å². The first-order valence-corrected chi connectivity index (χ1v) is 13.0. The van der Waals surface area contributed by atoms with Crippen LogP contribution < -0.4 is 0 Å². The van der Waals surface area contributed by atoms with E-state index in [1.54, 1.807) is 0 Å².